The number of thiophene rings is 1. The van der Waals surface area contributed by atoms with Gasteiger partial charge in [-0.2, -0.15) is 0 Å². The maximum Gasteiger partial charge on any atom is 0.303 e. The van der Waals surface area contributed by atoms with Crippen LogP contribution in [-0.2, 0) is 4.79 Å². The molecule has 0 bridgehead atoms. The quantitative estimate of drug-likeness (QED) is 0.201. The van der Waals surface area contributed by atoms with Crippen LogP contribution in [-0.4, -0.2) is 58.6 Å². The molecule has 0 saturated carbocycles. The first-order valence-electron chi connectivity index (χ1n) is 12.3. The molecule has 0 amide bonds. The van der Waals surface area contributed by atoms with Crippen molar-refractivity contribution in [1.82, 2.24) is 9.88 Å². The number of halogens is 1. The Morgan fingerprint density at radius 2 is 2.19 bits per heavy atom. The molecule has 9 heteroatoms. The van der Waals surface area contributed by atoms with E-state index in [-0.39, 0.29) is 18.3 Å². The van der Waals surface area contributed by atoms with Crippen LogP contribution in [0.5, 0.6) is 5.75 Å². The van der Waals surface area contributed by atoms with E-state index in [0.29, 0.717) is 6.42 Å². The van der Waals surface area contributed by atoms with Crippen LogP contribution in [0.1, 0.15) is 43.8 Å². The molecule has 194 valence electrons. The smallest absolute Gasteiger partial charge is 0.303 e. The number of methoxy groups -OCH3 is 1. The van der Waals surface area contributed by atoms with Crippen LogP contribution in [0.3, 0.4) is 0 Å². The molecule has 3 heterocycles. The van der Waals surface area contributed by atoms with E-state index in [2.05, 4.69) is 9.88 Å². The largest absolute Gasteiger partial charge is 0.497 e. The fraction of sp³-hybridized carbons (Fsp3) is 0.481. The Morgan fingerprint density at radius 1 is 1.33 bits per heavy atom. The van der Waals surface area contributed by atoms with Gasteiger partial charge in [-0.05, 0) is 91.9 Å². The third kappa shape index (κ3) is 7.13. The summed E-state index contributed by atoms with van der Waals surface area (Å²) >= 11 is 9.65. The predicted molar refractivity (Wildman–Crippen MR) is 147 cm³/mol. The third-order valence-corrected chi connectivity index (χ3v) is 9.86. The van der Waals surface area contributed by atoms with Crippen molar-refractivity contribution in [3.8, 4) is 5.75 Å². The summed E-state index contributed by atoms with van der Waals surface area (Å²) in [4.78, 5) is 18.4. The zero-order chi connectivity index (χ0) is 25.5. The highest BCUT2D eigenvalue weighted by Gasteiger charge is 2.31. The van der Waals surface area contributed by atoms with Gasteiger partial charge in [0.15, 0.2) is 0 Å². The van der Waals surface area contributed by atoms with Gasteiger partial charge < -0.3 is 19.8 Å². The number of aromatic nitrogens is 1. The molecular weight excluding hydrogens is 516 g/mol. The van der Waals surface area contributed by atoms with Gasteiger partial charge >= 0.3 is 5.97 Å². The highest BCUT2D eigenvalue weighted by molar-refractivity contribution is 8.01. The van der Waals surface area contributed by atoms with E-state index in [1.165, 1.54) is 0 Å². The minimum absolute atomic E-state index is 0.0946. The molecule has 1 aliphatic heterocycles. The first-order chi connectivity index (χ1) is 17.4. The van der Waals surface area contributed by atoms with Crippen molar-refractivity contribution in [2.24, 2.45) is 11.8 Å². The Morgan fingerprint density at radius 3 is 2.94 bits per heavy atom. The summed E-state index contributed by atoms with van der Waals surface area (Å²) in [5.41, 5.74) is 1.67. The molecule has 1 unspecified atom stereocenters. The number of piperidine rings is 1. The molecule has 1 saturated heterocycles. The summed E-state index contributed by atoms with van der Waals surface area (Å²) in [5.74, 6) is 1.36. The van der Waals surface area contributed by atoms with Crippen LogP contribution in [0, 0.1) is 11.8 Å². The Bertz CT molecular complexity index is 1160. The van der Waals surface area contributed by atoms with Gasteiger partial charge in [0.05, 0.1) is 28.0 Å². The number of pyridine rings is 1. The Kier molecular flexibility index (Phi) is 9.90. The summed E-state index contributed by atoms with van der Waals surface area (Å²) in [7, 11) is 1.63. The SMILES string of the molecule is COc1ccc2nccc(C(O)CC[C@@H]3CCN(CCCSc4sccc4Cl)C[C@@H]3CC(=O)O)c2c1. The van der Waals surface area contributed by atoms with Gasteiger partial charge in [-0.3, -0.25) is 9.78 Å². The molecule has 1 fully saturated rings. The molecule has 1 aromatic carbocycles. The summed E-state index contributed by atoms with van der Waals surface area (Å²) in [6, 6.07) is 9.48. The standard InChI is InChI=1S/C27H33ClN2O4S2/c1-34-20-4-5-24-22(16-20)21(7-10-29-24)25(31)6-3-18-8-12-30(17-19(18)15-26(32)33)11-2-13-35-27-23(28)9-14-36-27/h4-5,7,9-10,14,16,18-19,25,31H,2-3,6,8,11-13,15,17H2,1H3,(H,32,33)/t18-,19+,25?/m1/s1. The van der Waals surface area contributed by atoms with E-state index in [0.717, 1.165) is 76.1 Å². The topological polar surface area (TPSA) is 82.9 Å². The summed E-state index contributed by atoms with van der Waals surface area (Å²) in [6.07, 6.45) is 4.66. The van der Waals surface area contributed by atoms with E-state index in [9.17, 15) is 15.0 Å². The minimum atomic E-state index is -0.748. The summed E-state index contributed by atoms with van der Waals surface area (Å²) in [5, 5.41) is 24.3. The van der Waals surface area contributed by atoms with Crippen molar-refractivity contribution in [3.63, 3.8) is 0 Å². The van der Waals surface area contributed by atoms with E-state index in [4.69, 9.17) is 16.3 Å². The van der Waals surface area contributed by atoms with Crippen LogP contribution < -0.4 is 4.74 Å². The fourth-order valence-corrected chi connectivity index (χ4v) is 7.42. The number of aliphatic hydroxyl groups excluding tert-OH is 1. The molecule has 3 atom stereocenters. The van der Waals surface area contributed by atoms with Gasteiger partial charge in [-0.1, -0.05) is 11.6 Å². The number of nitrogens with zero attached hydrogens (tertiary/aromatic N) is 2. The zero-order valence-corrected chi connectivity index (χ0v) is 22.8. The summed E-state index contributed by atoms with van der Waals surface area (Å²) in [6.45, 7) is 2.73. The van der Waals surface area contributed by atoms with Crippen LogP contribution in [0.25, 0.3) is 10.9 Å². The monoisotopic (exact) mass is 548 g/mol. The average Bonchev–Trinajstić information content (AvgIpc) is 3.29. The first kappa shape index (κ1) is 27.2. The lowest BCUT2D eigenvalue weighted by Gasteiger charge is -2.38. The highest BCUT2D eigenvalue weighted by atomic mass is 35.5. The van der Waals surface area contributed by atoms with Crippen molar-refractivity contribution in [2.75, 3.05) is 32.5 Å². The molecule has 0 aliphatic carbocycles. The number of likely N-dealkylation sites (tertiary alicyclic amines) is 1. The third-order valence-electron chi connectivity index (χ3n) is 7.00. The van der Waals surface area contributed by atoms with Gasteiger partial charge in [0.25, 0.3) is 0 Å². The van der Waals surface area contributed by atoms with Crippen molar-refractivity contribution in [1.29, 1.82) is 0 Å². The molecule has 0 spiro atoms. The lowest BCUT2D eigenvalue weighted by molar-refractivity contribution is -0.139. The number of aliphatic hydroxyl groups is 1. The number of rotatable bonds is 12. The van der Waals surface area contributed by atoms with Gasteiger partial charge in [-0.15, -0.1) is 23.1 Å². The first-order valence-corrected chi connectivity index (χ1v) is 14.6. The number of aliphatic carboxylic acids is 1. The van der Waals surface area contributed by atoms with E-state index >= 15 is 0 Å². The molecule has 3 aromatic rings. The number of ether oxygens (including phenoxy) is 1. The second-order valence-corrected chi connectivity index (χ2v) is 12.0. The lowest BCUT2D eigenvalue weighted by Crippen LogP contribution is -2.42. The molecule has 4 rings (SSSR count). The zero-order valence-electron chi connectivity index (χ0n) is 20.4. The van der Waals surface area contributed by atoms with Gasteiger partial charge in [0.2, 0.25) is 0 Å². The number of benzene rings is 1. The van der Waals surface area contributed by atoms with E-state index in [1.54, 1.807) is 36.4 Å². The Balaban J connectivity index is 1.32. The van der Waals surface area contributed by atoms with Gasteiger partial charge in [0, 0.05) is 30.3 Å². The molecule has 2 aromatic heterocycles. The predicted octanol–water partition coefficient (Wildman–Crippen LogP) is 6.37. The summed E-state index contributed by atoms with van der Waals surface area (Å²) < 4.78 is 6.52. The van der Waals surface area contributed by atoms with Crippen LogP contribution in [0.4, 0.5) is 0 Å². The van der Waals surface area contributed by atoms with Crippen molar-refractivity contribution >= 4 is 51.6 Å². The second-order valence-electron chi connectivity index (χ2n) is 9.34. The number of carboxylic acids is 1. The van der Waals surface area contributed by atoms with Crippen molar-refractivity contribution in [3.05, 3.63) is 52.5 Å². The number of carbonyl (C=O) groups is 1. The number of fused-ring (bicyclic) bond motifs is 1. The molecule has 36 heavy (non-hydrogen) atoms. The van der Waals surface area contributed by atoms with Crippen molar-refractivity contribution < 1.29 is 19.7 Å². The lowest BCUT2D eigenvalue weighted by atomic mass is 9.79. The molecule has 6 nitrogen and oxygen atoms in total. The average molecular weight is 549 g/mol. The maximum absolute atomic E-state index is 11.6. The van der Waals surface area contributed by atoms with Gasteiger partial charge in [0.1, 0.15) is 5.75 Å². The molecule has 0 radical (unpaired) electrons. The van der Waals surface area contributed by atoms with Gasteiger partial charge in [-0.25, -0.2) is 0 Å². The van der Waals surface area contributed by atoms with E-state index in [1.807, 2.05) is 35.7 Å². The van der Waals surface area contributed by atoms with Crippen LogP contribution in [0.15, 0.2) is 46.1 Å². The number of thioether (sulfide) groups is 1. The van der Waals surface area contributed by atoms with Crippen LogP contribution >= 0.6 is 34.7 Å². The Hall–Kier alpha value is -1.84. The number of hydrogen-bond acceptors (Lipinski definition) is 7. The Labute approximate surface area is 225 Å². The minimum Gasteiger partial charge on any atom is -0.497 e. The number of hydrogen-bond donors (Lipinski definition) is 2. The van der Waals surface area contributed by atoms with Crippen molar-refractivity contribution in [2.45, 2.75) is 42.4 Å². The van der Waals surface area contributed by atoms with Crippen LogP contribution in [0.2, 0.25) is 5.02 Å². The second kappa shape index (κ2) is 13.1. The highest BCUT2D eigenvalue weighted by Crippen LogP contribution is 2.36. The van der Waals surface area contributed by atoms with E-state index < -0.39 is 12.1 Å². The fourth-order valence-electron chi connectivity index (χ4n) is 5.12. The molecule has 1 aliphatic rings. The number of carboxylic acid groups (broad SMARTS) is 1. The molecule has 2 N–H and O–H groups in total. The maximum atomic E-state index is 11.6. The molecular formula is C27H33ClN2O4S2. The normalized spacial score (nSPS) is 19.4.